The third-order valence-electron chi connectivity index (χ3n) is 3.82. The smallest absolute Gasteiger partial charge is 0.351 e. The molecule has 0 aromatic carbocycles. The molecule has 2 aromatic rings. The third-order valence-corrected chi connectivity index (χ3v) is 3.82. The summed E-state index contributed by atoms with van der Waals surface area (Å²) >= 11 is 0. The fourth-order valence-electron chi connectivity index (χ4n) is 2.41. The topological polar surface area (TPSA) is 231 Å². The number of hydrogen-bond donors (Lipinski definition) is 6. The first-order valence-electron chi connectivity index (χ1n) is 8.55. The van der Waals surface area contributed by atoms with Gasteiger partial charge in [-0.25, -0.2) is 9.78 Å². The van der Waals surface area contributed by atoms with Gasteiger partial charge in [0.1, 0.15) is 24.1 Å². The molecule has 0 saturated carbocycles. The molecule has 0 unspecified atom stereocenters. The van der Waals surface area contributed by atoms with Crippen molar-refractivity contribution in [3.05, 3.63) is 34.8 Å². The fraction of sp³-hybridized carbons (Fsp3) is 0.467. The number of aromatic amines is 1. The van der Waals surface area contributed by atoms with Crippen molar-refractivity contribution in [2.45, 2.75) is 24.5 Å². The minimum atomic E-state index is -1.31. The number of ether oxygens (including phenoxy) is 1. The van der Waals surface area contributed by atoms with Gasteiger partial charge in [0, 0.05) is 20.3 Å². The number of carbonyl (C=O) groups is 1. The summed E-state index contributed by atoms with van der Waals surface area (Å²) in [6.45, 7) is -0.453. The number of halogens is 1. The molecule has 16 heteroatoms. The van der Waals surface area contributed by atoms with Gasteiger partial charge >= 0.3 is 5.69 Å². The molecule has 8 N–H and O–H groups in total. The van der Waals surface area contributed by atoms with Crippen LogP contribution >= 0.6 is 12.4 Å². The molecule has 3 rings (SSSR count). The maximum atomic E-state index is 11.5. The van der Waals surface area contributed by atoms with Gasteiger partial charge < -0.3 is 36.5 Å². The highest BCUT2D eigenvalue weighted by Crippen LogP contribution is 2.27. The van der Waals surface area contributed by atoms with Crippen LogP contribution in [-0.4, -0.2) is 84.8 Å². The van der Waals surface area contributed by atoms with Crippen LogP contribution in [0.4, 0.5) is 11.6 Å². The maximum absolute atomic E-state index is 11.5. The molecular formula is C15H24ClN9O6. The van der Waals surface area contributed by atoms with E-state index in [9.17, 15) is 19.8 Å². The van der Waals surface area contributed by atoms with Crippen molar-refractivity contribution in [1.82, 2.24) is 24.5 Å². The number of nitrogens with zero attached hydrogens (tertiary/aromatic N) is 6. The Morgan fingerprint density at radius 2 is 2.06 bits per heavy atom. The monoisotopic (exact) mass is 461 g/mol. The number of nitrogens with two attached hydrogens (primary N) is 2. The molecule has 3 heterocycles. The van der Waals surface area contributed by atoms with Crippen molar-refractivity contribution in [2.24, 2.45) is 16.1 Å². The van der Waals surface area contributed by atoms with E-state index < -0.39 is 42.7 Å². The number of primary amides is 1. The minimum absolute atomic E-state index is 0. The molecule has 31 heavy (non-hydrogen) atoms. The average molecular weight is 462 g/mol. The number of nitrogen functional groups attached to an aromatic ring is 1. The van der Waals surface area contributed by atoms with Gasteiger partial charge in [-0.3, -0.25) is 14.4 Å². The van der Waals surface area contributed by atoms with E-state index in [0.717, 1.165) is 4.57 Å². The molecule has 0 bridgehead atoms. The summed E-state index contributed by atoms with van der Waals surface area (Å²) in [6, 6.07) is 1.37. The Morgan fingerprint density at radius 1 is 1.39 bits per heavy atom. The second-order valence-electron chi connectivity index (χ2n) is 6.27. The van der Waals surface area contributed by atoms with E-state index in [1.165, 1.54) is 23.6 Å². The summed E-state index contributed by atoms with van der Waals surface area (Å²) < 4.78 is 6.19. The number of anilines is 1. The number of rotatable bonds is 5. The number of H-pyrrole nitrogens is 1. The van der Waals surface area contributed by atoms with Gasteiger partial charge in [-0.2, -0.15) is 4.98 Å². The average Bonchev–Trinajstić information content (AvgIpc) is 3.26. The molecule has 4 atom stereocenters. The van der Waals surface area contributed by atoms with Crippen LogP contribution in [-0.2, 0) is 4.74 Å². The second-order valence-corrected chi connectivity index (χ2v) is 6.27. The number of carbonyl (C=O) groups excluding carboxylic acids is 1. The molecule has 0 spiro atoms. The zero-order valence-electron chi connectivity index (χ0n) is 16.6. The molecule has 2 aromatic heterocycles. The van der Waals surface area contributed by atoms with Crippen LogP contribution in [0.3, 0.4) is 0 Å². The van der Waals surface area contributed by atoms with Gasteiger partial charge in [-0.05, 0) is 6.07 Å². The normalized spacial score (nSPS) is 22.5. The Morgan fingerprint density at radius 3 is 2.58 bits per heavy atom. The van der Waals surface area contributed by atoms with E-state index in [1.807, 2.05) is 0 Å². The SMILES string of the molecule is CN(C)/N=N/c1[nH]cnc1C(N)=O.Cl.Nc1ccn([C@@H]2O[C@H](CO)[C@@H](O)[C@@H]2O)c(=O)n1. The molecule has 15 nitrogen and oxygen atoms in total. The van der Waals surface area contributed by atoms with Gasteiger partial charge in [-0.15, -0.1) is 17.5 Å². The van der Waals surface area contributed by atoms with E-state index in [-0.39, 0.29) is 29.7 Å². The standard InChI is InChI=1S/C9H13N3O5.C6H10N6O.ClH/c10-5-1-2-12(9(16)11-5)8-7(15)6(14)4(3-13)17-8;1-12(2)11-10-6-4(5(7)13)8-3-9-6;/h1-2,4,6-8,13-15H,3H2,(H2,10,11,16);3H,1-2H3,(H2,7,13)(H,8,9);1H/b;11-10+;/t4-,6-,7+,8-;;/m1../s1. The third kappa shape index (κ3) is 6.43. The molecular weight excluding hydrogens is 438 g/mol. The van der Waals surface area contributed by atoms with Gasteiger partial charge in [0.2, 0.25) is 0 Å². The number of imidazole rings is 1. The first-order valence-corrected chi connectivity index (χ1v) is 8.55. The summed E-state index contributed by atoms with van der Waals surface area (Å²) in [5, 5.41) is 37.1. The lowest BCUT2D eigenvalue weighted by Crippen LogP contribution is -2.36. The lowest BCUT2D eigenvalue weighted by atomic mass is 10.1. The Kier molecular flexibility index (Phi) is 9.47. The summed E-state index contributed by atoms with van der Waals surface area (Å²) in [5.74, 6) is -0.312. The van der Waals surface area contributed by atoms with Crippen molar-refractivity contribution in [3.8, 4) is 0 Å². The van der Waals surface area contributed by atoms with E-state index in [0.29, 0.717) is 0 Å². The minimum Gasteiger partial charge on any atom is -0.394 e. The van der Waals surface area contributed by atoms with Crippen LogP contribution in [0, 0.1) is 0 Å². The van der Waals surface area contributed by atoms with Crippen LogP contribution in [0.25, 0.3) is 0 Å². The molecule has 1 aliphatic heterocycles. The van der Waals surface area contributed by atoms with Crippen molar-refractivity contribution in [2.75, 3.05) is 26.4 Å². The molecule has 1 fully saturated rings. The zero-order valence-corrected chi connectivity index (χ0v) is 17.4. The van der Waals surface area contributed by atoms with Crippen molar-refractivity contribution >= 4 is 29.9 Å². The highest BCUT2D eigenvalue weighted by Gasteiger charge is 2.43. The van der Waals surface area contributed by atoms with Gasteiger partial charge in [0.15, 0.2) is 17.7 Å². The summed E-state index contributed by atoms with van der Waals surface area (Å²) in [4.78, 5) is 32.1. The number of amides is 1. The number of aromatic nitrogens is 4. The lowest BCUT2D eigenvalue weighted by Gasteiger charge is -2.16. The van der Waals surface area contributed by atoms with Crippen molar-refractivity contribution < 1.29 is 24.9 Å². The van der Waals surface area contributed by atoms with E-state index in [4.69, 9.17) is 21.3 Å². The number of hydrogen-bond acceptors (Lipinski definition) is 11. The van der Waals surface area contributed by atoms with Crippen LogP contribution in [0.5, 0.6) is 0 Å². The Bertz CT molecular complexity index is 949. The van der Waals surface area contributed by atoms with E-state index in [1.54, 1.807) is 14.1 Å². The molecule has 0 radical (unpaired) electrons. The van der Waals surface area contributed by atoms with Crippen LogP contribution < -0.4 is 17.2 Å². The van der Waals surface area contributed by atoms with E-state index in [2.05, 4.69) is 25.3 Å². The van der Waals surface area contributed by atoms with E-state index >= 15 is 0 Å². The summed E-state index contributed by atoms with van der Waals surface area (Å²) in [7, 11) is 3.42. The Balaban J connectivity index is 0.000000311. The molecule has 1 aliphatic rings. The predicted octanol–water partition coefficient (Wildman–Crippen LogP) is -2.07. The van der Waals surface area contributed by atoms with Crippen LogP contribution in [0.1, 0.15) is 16.7 Å². The number of aliphatic hydroxyl groups excluding tert-OH is 3. The first-order chi connectivity index (χ1) is 14.1. The van der Waals surface area contributed by atoms with Gasteiger partial charge in [0.05, 0.1) is 12.9 Å². The quantitative estimate of drug-likeness (QED) is 0.210. The second kappa shape index (κ2) is 11.3. The fourth-order valence-corrected chi connectivity index (χ4v) is 2.41. The molecule has 1 saturated heterocycles. The molecule has 172 valence electrons. The maximum Gasteiger partial charge on any atom is 0.351 e. The number of aliphatic hydroxyl groups is 3. The Hall–Kier alpha value is -3.11. The lowest BCUT2D eigenvalue weighted by molar-refractivity contribution is -0.0549. The number of nitrogens with one attached hydrogen (secondary N) is 1. The van der Waals surface area contributed by atoms with Gasteiger partial charge in [-0.1, -0.05) is 5.22 Å². The first kappa shape index (κ1) is 25.9. The van der Waals surface area contributed by atoms with Crippen LogP contribution in [0.15, 0.2) is 33.7 Å². The Labute approximate surface area is 181 Å². The zero-order chi connectivity index (χ0) is 22.4. The van der Waals surface area contributed by atoms with Crippen molar-refractivity contribution in [1.29, 1.82) is 0 Å². The highest BCUT2D eigenvalue weighted by molar-refractivity contribution is 5.94. The van der Waals surface area contributed by atoms with Crippen LogP contribution in [0.2, 0.25) is 0 Å². The summed E-state index contributed by atoms with van der Waals surface area (Å²) in [5.41, 5.74) is 9.75. The predicted molar refractivity (Wildman–Crippen MR) is 108 cm³/mol. The largest absolute Gasteiger partial charge is 0.394 e. The summed E-state index contributed by atoms with van der Waals surface area (Å²) in [6.07, 6.45) is -1.93. The van der Waals surface area contributed by atoms with Crippen molar-refractivity contribution in [3.63, 3.8) is 0 Å². The van der Waals surface area contributed by atoms with Gasteiger partial charge in [0.25, 0.3) is 5.91 Å². The molecule has 1 amide bonds. The molecule has 0 aliphatic carbocycles. The highest BCUT2D eigenvalue weighted by atomic mass is 35.5.